The molecule has 0 unspecified atom stereocenters. The minimum absolute atomic E-state index is 0.0788. The highest BCUT2D eigenvalue weighted by Gasteiger charge is 2.08. The van der Waals surface area contributed by atoms with E-state index in [1.54, 1.807) is 0 Å². The van der Waals surface area contributed by atoms with Crippen LogP contribution >= 0.6 is 11.6 Å². The smallest absolute Gasteiger partial charge is 0.151 e. The van der Waals surface area contributed by atoms with Gasteiger partial charge in [-0.05, 0) is 12.8 Å². The number of hydrogen-bond acceptors (Lipinski definition) is 2. The largest absolute Gasteiger partial charge is 0.258 e. The molecule has 73 valence electrons. The molecule has 1 radical (unpaired) electrons. The Balaban J connectivity index is 3.48. The van der Waals surface area contributed by atoms with Gasteiger partial charge >= 0.3 is 0 Å². The van der Waals surface area contributed by atoms with Gasteiger partial charge in [-0.2, -0.15) is 0 Å². The van der Waals surface area contributed by atoms with Gasteiger partial charge in [0.25, 0.3) is 0 Å². The Morgan fingerprint density at radius 2 is 1.75 bits per heavy atom. The van der Waals surface area contributed by atoms with E-state index in [1.165, 1.54) is 0 Å². The van der Waals surface area contributed by atoms with E-state index in [-0.39, 0.29) is 17.4 Å². The number of nitrogens with one attached hydrogen (secondary N) is 1. The standard InChI is InChI=1S/C7H15ClNO2S/c8-4-7-12(10,11)6-3-1-2-5-9/h9H,1-7H2. The third-order valence-corrected chi connectivity index (χ3v) is 3.67. The number of halogens is 1. The second-order valence-electron chi connectivity index (χ2n) is 2.65. The zero-order valence-corrected chi connectivity index (χ0v) is 8.62. The zero-order chi connectivity index (χ0) is 9.45. The van der Waals surface area contributed by atoms with Crippen LogP contribution in [0, 0.1) is 0 Å². The summed E-state index contributed by atoms with van der Waals surface area (Å²) >= 11 is 5.32. The fourth-order valence-electron chi connectivity index (χ4n) is 0.843. The van der Waals surface area contributed by atoms with Crippen molar-refractivity contribution in [3.63, 3.8) is 0 Å². The second kappa shape index (κ2) is 6.69. The number of sulfone groups is 1. The summed E-state index contributed by atoms with van der Waals surface area (Å²) in [7, 11) is -2.91. The fraction of sp³-hybridized carbons (Fsp3) is 1.00. The zero-order valence-electron chi connectivity index (χ0n) is 7.05. The molecule has 0 aromatic rings. The summed E-state index contributed by atoms with van der Waals surface area (Å²) in [5.74, 6) is 0.482. The molecule has 3 nitrogen and oxygen atoms in total. The highest BCUT2D eigenvalue weighted by Crippen LogP contribution is 2.00. The Bertz CT molecular complexity index is 192. The number of alkyl halides is 1. The predicted octanol–water partition coefficient (Wildman–Crippen LogP) is 1.09. The topological polar surface area (TPSA) is 57.9 Å². The number of rotatable bonds is 7. The van der Waals surface area contributed by atoms with Gasteiger partial charge in [0.2, 0.25) is 0 Å². The SMILES string of the molecule is [NH]CCCCCS(=O)(=O)CCCl. The van der Waals surface area contributed by atoms with E-state index in [4.69, 9.17) is 17.3 Å². The monoisotopic (exact) mass is 212 g/mol. The van der Waals surface area contributed by atoms with Gasteiger partial charge in [-0.25, -0.2) is 8.42 Å². The van der Waals surface area contributed by atoms with E-state index in [0.717, 1.165) is 12.8 Å². The first-order valence-electron chi connectivity index (χ1n) is 4.03. The van der Waals surface area contributed by atoms with E-state index in [0.29, 0.717) is 13.0 Å². The lowest BCUT2D eigenvalue weighted by Crippen LogP contribution is -2.12. The Morgan fingerprint density at radius 1 is 1.08 bits per heavy atom. The molecule has 5 heteroatoms. The van der Waals surface area contributed by atoms with Crippen LogP contribution in [0.5, 0.6) is 0 Å². The van der Waals surface area contributed by atoms with Gasteiger partial charge in [-0.1, -0.05) is 6.42 Å². The van der Waals surface area contributed by atoms with Crippen LogP contribution in [-0.2, 0) is 9.84 Å². The minimum atomic E-state index is -2.91. The molecule has 12 heavy (non-hydrogen) atoms. The number of hydrogen-bond donors (Lipinski definition) is 0. The highest BCUT2D eigenvalue weighted by molar-refractivity contribution is 7.91. The van der Waals surface area contributed by atoms with E-state index < -0.39 is 9.84 Å². The molecule has 0 aromatic heterocycles. The molecule has 0 aromatic carbocycles. The summed E-state index contributed by atoms with van der Waals surface area (Å²) < 4.78 is 22.1. The lowest BCUT2D eigenvalue weighted by Gasteiger charge is -2.00. The molecule has 0 saturated heterocycles. The molecule has 0 saturated carbocycles. The van der Waals surface area contributed by atoms with E-state index >= 15 is 0 Å². The molecule has 0 aliphatic carbocycles. The highest BCUT2D eigenvalue weighted by atomic mass is 35.5. The molecule has 1 N–H and O–H groups in total. The summed E-state index contributed by atoms with van der Waals surface area (Å²) in [6, 6.07) is 0. The number of unbranched alkanes of at least 4 members (excludes halogenated alkanes) is 2. The third kappa shape index (κ3) is 6.88. The van der Waals surface area contributed by atoms with Crippen molar-refractivity contribution in [2.24, 2.45) is 0 Å². The van der Waals surface area contributed by atoms with Gasteiger partial charge in [0.1, 0.15) is 0 Å². The molecule has 0 aliphatic rings. The van der Waals surface area contributed by atoms with Gasteiger partial charge in [0.05, 0.1) is 11.5 Å². The Morgan fingerprint density at radius 3 is 2.25 bits per heavy atom. The quantitative estimate of drug-likeness (QED) is 0.469. The van der Waals surface area contributed by atoms with Gasteiger partial charge in [-0.15, -0.1) is 11.6 Å². The van der Waals surface area contributed by atoms with Crippen LogP contribution < -0.4 is 5.73 Å². The van der Waals surface area contributed by atoms with Crippen LogP contribution in [0.3, 0.4) is 0 Å². The molecule has 0 rings (SSSR count). The van der Waals surface area contributed by atoms with Gasteiger partial charge in [0, 0.05) is 12.4 Å². The molecule has 0 fully saturated rings. The molecular weight excluding hydrogens is 198 g/mol. The van der Waals surface area contributed by atoms with E-state index in [1.807, 2.05) is 0 Å². The maximum Gasteiger partial charge on any atom is 0.151 e. The molecule has 0 atom stereocenters. The summed E-state index contributed by atoms with van der Waals surface area (Å²) in [6.07, 6.45) is 2.28. The van der Waals surface area contributed by atoms with Gasteiger partial charge in [-0.3, -0.25) is 5.73 Å². The summed E-state index contributed by atoms with van der Waals surface area (Å²) in [5, 5.41) is 0. The van der Waals surface area contributed by atoms with Crippen molar-refractivity contribution in [1.29, 1.82) is 0 Å². The molecular formula is C7H15ClNO2S. The van der Waals surface area contributed by atoms with Crippen LogP contribution in [0.1, 0.15) is 19.3 Å². The van der Waals surface area contributed by atoms with Crippen LogP contribution in [0.2, 0.25) is 0 Å². The first kappa shape index (κ1) is 12.2. The summed E-state index contributed by atoms with van der Waals surface area (Å²) in [5.41, 5.74) is 6.85. The van der Waals surface area contributed by atoms with Gasteiger partial charge < -0.3 is 0 Å². The summed E-state index contributed by atoms with van der Waals surface area (Å²) in [4.78, 5) is 0. The second-order valence-corrected chi connectivity index (χ2v) is 5.33. The van der Waals surface area contributed by atoms with Crippen LogP contribution in [0.15, 0.2) is 0 Å². The van der Waals surface area contributed by atoms with Crippen molar-refractivity contribution in [2.75, 3.05) is 23.9 Å². The summed E-state index contributed by atoms with van der Waals surface area (Å²) in [6.45, 7) is 0.384. The molecule has 0 heterocycles. The fourth-order valence-corrected chi connectivity index (χ4v) is 2.63. The van der Waals surface area contributed by atoms with Crippen molar-refractivity contribution in [3.05, 3.63) is 0 Å². The van der Waals surface area contributed by atoms with Gasteiger partial charge in [0.15, 0.2) is 9.84 Å². The third-order valence-electron chi connectivity index (χ3n) is 1.52. The lowest BCUT2D eigenvalue weighted by atomic mass is 10.2. The molecule has 0 spiro atoms. The average Bonchev–Trinajstić information content (AvgIpc) is 1.98. The first-order valence-corrected chi connectivity index (χ1v) is 6.39. The van der Waals surface area contributed by atoms with Crippen molar-refractivity contribution >= 4 is 21.4 Å². The van der Waals surface area contributed by atoms with Crippen molar-refractivity contribution in [1.82, 2.24) is 5.73 Å². The van der Waals surface area contributed by atoms with Crippen molar-refractivity contribution < 1.29 is 8.42 Å². The molecule has 0 amide bonds. The lowest BCUT2D eigenvalue weighted by molar-refractivity contribution is 0.591. The van der Waals surface area contributed by atoms with Crippen molar-refractivity contribution in [2.45, 2.75) is 19.3 Å². The molecule has 0 aliphatic heterocycles. The van der Waals surface area contributed by atoms with E-state index in [9.17, 15) is 8.42 Å². The van der Waals surface area contributed by atoms with Crippen LogP contribution in [0.25, 0.3) is 0 Å². The van der Waals surface area contributed by atoms with Crippen LogP contribution in [-0.4, -0.2) is 32.3 Å². The van der Waals surface area contributed by atoms with E-state index in [2.05, 4.69) is 0 Å². The first-order chi connectivity index (χ1) is 5.62. The van der Waals surface area contributed by atoms with Crippen LogP contribution in [0.4, 0.5) is 0 Å². The Labute approximate surface area is 79.2 Å². The maximum atomic E-state index is 11.1. The Kier molecular flexibility index (Phi) is 6.80. The average molecular weight is 213 g/mol. The minimum Gasteiger partial charge on any atom is -0.258 e. The van der Waals surface area contributed by atoms with Crippen molar-refractivity contribution in [3.8, 4) is 0 Å². The normalized spacial score (nSPS) is 11.8. The molecule has 0 bridgehead atoms. The Hall–Kier alpha value is 0.200. The predicted molar refractivity (Wildman–Crippen MR) is 51.2 cm³/mol. The maximum absolute atomic E-state index is 11.1.